The molecule has 0 aliphatic heterocycles. The Kier molecular flexibility index (Phi) is 9.16. The van der Waals surface area contributed by atoms with E-state index in [4.69, 9.17) is 0 Å². The molecule has 0 atom stereocenters. The molecule has 0 heterocycles. The predicted molar refractivity (Wildman–Crippen MR) is 59.8 cm³/mol. The van der Waals surface area contributed by atoms with E-state index in [9.17, 15) is 0 Å². The van der Waals surface area contributed by atoms with Gasteiger partial charge < -0.3 is 5.66 Å². The molecule has 0 aromatic rings. The molecule has 0 rings (SSSR count). The number of hydrogen-bond donors (Lipinski definition) is 0. The zero-order valence-electron chi connectivity index (χ0n) is 10.1. The Balaban J connectivity index is -0.000000500. The van der Waals surface area contributed by atoms with Crippen LogP contribution in [0.3, 0.4) is 0 Å². The summed E-state index contributed by atoms with van der Waals surface area (Å²) in [5.74, 6) is 0. The molecule has 0 aromatic carbocycles. The smallest absolute Gasteiger partial charge is 1.00 e. The summed E-state index contributed by atoms with van der Waals surface area (Å²) >= 11 is 0. The van der Waals surface area contributed by atoms with Gasteiger partial charge in [-0.05, 0) is 13.6 Å². The molecule has 0 spiro atoms. The van der Waals surface area contributed by atoms with Crippen molar-refractivity contribution >= 4 is 17.2 Å². The number of rotatable bonds is 4. The Hall–Kier alpha value is 1.51. The standard InChI is InChI=1S/C8H19NSi2.K.H/c1-7-11(6,8-2)9(3)10(4)5;;/h7-8,10H,1-2H2,3-6H3;;/q;+1;-1. The van der Waals surface area contributed by atoms with Gasteiger partial charge in [-0.1, -0.05) is 24.5 Å². The van der Waals surface area contributed by atoms with Crippen LogP contribution in [0.4, 0.5) is 0 Å². The summed E-state index contributed by atoms with van der Waals surface area (Å²) in [5.41, 5.74) is 4.18. The largest absolute Gasteiger partial charge is 1.00 e. The van der Waals surface area contributed by atoms with Gasteiger partial charge in [0.05, 0.1) is 8.96 Å². The topological polar surface area (TPSA) is 3.24 Å². The molecular formula is C8H20KNSi2. The molecule has 12 heavy (non-hydrogen) atoms. The van der Waals surface area contributed by atoms with Gasteiger partial charge in [0.2, 0.25) is 0 Å². The Labute approximate surface area is 124 Å². The Bertz CT molecular complexity index is 156. The van der Waals surface area contributed by atoms with Crippen LogP contribution in [0.15, 0.2) is 24.6 Å². The molecule has 0 saturated heterocycles. The first-order valence-electron chi connectivity index (χ1n) is 3.98. The van der Waals surface area contributed by atoms with E-state index in [1.54, 1.807) is 0 Å². The van der Waals surface area contributed by atoms with Crippen LogP contribution in [-0.4, -0.2) is 28.5 Å². The summed E-state index contributed by atoms with van der Waals surface area (Å²) in [5, 5.41) is 0. The summed E-state index contributed by atoms with van der Waals surface area (Å²) in [6.07, 6.45) is 0. The third-order valence-electron chi connectivity index (χ3n) is 2.36. The molecule has 0 unspecified atom stereocenters. The fraction of sp³-hybridized carbons (Fsp3) is 0.500. The van der Waals surface area contributed by atoms with Crippen LogP contribution in [0.25, 0.3) is 0 Å². The molecule has 0 saturated carbocycles. The predicted octanol–water partition coefficient (Wildman–Crippen LogP) is -0.956. The molecule has 0 N–H and O–H groups in total. The summed E-state index contributed by atoms with van der Waals surface area (Å²) < 4.78 is 2.51. The minimum atomic E-state index is -1.44. The van der Waals surface area contributed by atoms with Crippen LogP contribution >= 0.6 is 0 Å². The molecule has 66 valence electrons. The van der Waals surface area contributed by atoms with E-state index in [1.165, 1.54) is 0 Å². The zero-order chi connectivity index (χ0) is 9.07. The maximum absolute atomic E-state index is 3.88. The fourth-order valence-electron chi connectivity index (χ4n) is 0.928. The second-order valence-corrected chi connectivity index (χ2v) is 10.8. The van der Waals surface area contributed by atoms with Crippen molar-refractivity contribution in [1.82, 2.24) is 4.23 Å². The first kappa shape index (κ1) is 16.0. The Morgan fingerprint density at radius 3 is 1.75 bits per heavy atom. The van der Waals surface area contributed by atoms with Crippen molar-refractivity contribution in [3.05, 3.63) is 24.6 Å². The Morgan fingerprint density at radius 2 is 1.67 bits per heavy atom. The SMILES string of the molecule is C=C[Si](C)(C=C)N(C)[SiH](C)C.[H-].[K+]. The van der Waals surface area contributed by atoms with E-state index in [0.717, 1.165) is 0 Å². The van der Waals surface area contributed by atoms with Crippen molar-refractivity contribution in [3.63, 3.8) is 0 Å². The minimum Gasteiger partial charge on any atom is -1.00 e. The molecule has 0 amide bonds. The second kappa shape index (κ2) is 6.89. The number of hydrogen-bond acceptors (Lipinski definition) is 1. The summed E-state index contributed by atoms with van der Waals surface area (Å²) in [4.78, 5) is 0. The molecular weight excluding hydrogens is 205 g/mol. The van der Waals surface area contributed by atoms with Gasteiger partial charge in [-0.25, -0.2) is 0 Å². The van der Waals surface area contributed by atoms with Crippen LogP contribution < -0.4 is 51.4 Å². The van der Waals surface area contributed by atoms with Crippen LogP contribution in [0.2, 0.25) is 19.6 Å². The molecule has 0 aliphatic carbocycles. The maximum Gasteiger partial charge on any atom is 1.00 e. The zero-order valence-corrected chi connectivity index (χ0v) is 14.4. The van der Waals surface area contributed by atoms with Crippen LogP contribution in [0, 0.1) is 0 Å². The molecule has 1 nitrogen and oxygen atoms in total. The van der Waals surface area contributed by atoms with Gasteiger partial charge in [0.15, 0.2) is 8.24 Å². The van der Waals surface area contributed by atoms with Crippen molar-refractivity contribution in [1.29, 1.82) is 0 Å². The van der Waals surface area contributed by atoms with Gasteiger partial charge in [-0.3, -0.25) is 0 Å². The van der Waals surface area contributed by atoms with Crippen molar-refractivity contribution in [3.8, 4) is 0 Å². The second-order valence-electron chi connectivity index (χ2n) is 3.34. The maximum atomic E-state index is 3.88. The molecule has 0 bridgehead atoms. The monoisotopic (exact) mass is 225 g/mol. The first-order valence-corrected chi connectivity index (χ1v) is 9.41. The summed E-state index contributed by atoms with van der Waals surface area (Å²) in [6.45, 7) is 14.7. The van der Waals surface area contributed by atoms with E-state index in [0.29, 0.717) is 0 Å². The van der Waals surface area contributed by atoms with Crippen LogP contribution in [0.1, 0.15) is 1.43 Å². The van der Waals surface area contributed by atoms with E-state index in [-0.39, 0.29) is 52.8 Å². The fourth-order valence-corrected chi connectivity index (χ4v) is 6.75. The summed E-state index contributed by atoms with van der Waals surface area (Å²) in [6, 6.07) is 0. The Morgan fingerprint density at radius 1 is 1.33 bits per heavy atom. The molecule has 0 fully saturated rings. The van der Waals surface area contributed by atoms with Gasteiger partial charge in [-0.15, -0.1) is 13.2 Å². The molecule has 0 radical (unpaired) electrons. The van der Waals surface area contributed by atoms with E-state index < -0.39 is 17.2 Å². The van der Waals surface area contributed by atoms with Gasteiger partial charge in [0, 0.05) is 0 Å². The van der Waals surface area contributed by atoms with Crippen LogP contribution in [0.5, 0.6) is 0 Å². The third kappa shape index (κ3) is 4.15. The molecule has 0 aromatic heterocycles. The van der Waals surface area contributed by atoms with E-state index in [1.807, 2.05) is 0 Å². The van der Waals surface area contributed by atoms with E-state index >= 15 is 0 Å². The molecule has 0 aliphatic rings. The number of nitrogens with zero attached hydrogens (tertiary/aromatic N) is 1. The van der Waals surface area contributed by atoms with Crippen molar-refractivity contribution in [2.45, 2.75) is 19.6 Å². The van der Waals surface area contributed by atoms with Gasteiger partial charge >= 0.3 is 51.4 Å². The van der Waals surface area contributed by atoms with Gasteiger partial charge in [-0.2, -0.15) is 0 Å². The normalized spacial score (nSPS) is 11.2. The van der Waals surface area contributed by atoms with E-state index in [2.05, 4.69) is 55.5 Å². The van der Waals surface area contributed by atoms with Crippen molar-refractivity contribution < 1.29 is 52.8 Å². The van der Waals surface area contributed by atoms with Crippen molar-refractivity contribution in [2.24, 2.45) is 0 Å². The third-order valence-corrected chi connectivity index (χ3v) is 10.3. The average Bonchev–Trinajstić information content (AvgIpc) is 2.01. The summed E-state index contributed by atoms with van der Waals surface area (Å²) in [7, 11) is 0.0875. The van der Waals surface area contributed by atoms with Gasteiger partial charge in [0.1, 0.15) is 0 Å². The quantitative estimate of drug-likeness (QED) is 0.558. The average molecular weight is 226 g/mol. The minimum absolute atomic E-state index is 0. The van der Waals surface area contributed by atoms with Crippen molar-refractivity contribution in [2.75, 3.05) is 7.05 Å². The molecule has 4 heteroatoms. The van der Waals surface area contributed by atoms with Gasteiger partial charge in [0.25, 0.3) is 0 Å². The van der Waals surface area contributed by atoms with Crippen LogP contribution in [-0.2, 0) is 0 Å². The first-order chi connectivity index (χ1) is 4.98.